The Kier molecular flexibility index (Phi) is 4.83. The van der Waals surface area contributed by atoms with Gasteiger partial charge in [0.25, 0.3) is 15.9 Å². The fourth-order valence-electron chi connectivity index (χ4n) is 3.16. The summed E-state index contributed by atoms with van der Waals surface area (Å²) < 4.78 is 38.4. The highest BCUT2D eigenvalue weighted by Gasteiger charge is 2.18. The summed E-state index contributed by atoms with van der Waals surface area (Å²) in [4.78, 5) is 21.0. The first-order valence-corrected chi connectivity index (χ1v) is 11.0. The zero-order valence-electron chi connectivity index (χ0n) is 16.5. The zero-order chi connectivity index (χ0) is 22.1. The van der Waals surface area contributed by atoms with E-state index in [1.54, 1.807) is 36.4 Å². The van der Waals surface area contributed by atoms with Gasteiger partial charge < -0.3 is 14.8 Å². The quantitative estimate of drug-likeness (QED) is 0.480. The molecule has 0 spiro atoms. The van der Waals surface area contributed by atoms with Crippen molar-refractivity contribution in [1.29, 1.82) is 0 Å². The van der Waals surface area contributed by atoms with Gasteiger partial charge in [0.05, 0.1) is 22.1 Å². The molecule has 5 rings (SSSR count). The van der Waals surface area contributed by atoms with Gasteiger partial charge in [0.15, 0.2) is 17.3 Å². The number of rotatable bonds is 5. The molecule has 2 N–H and O–H groups in total. The molecule has 0 aliphatic carbocycles. The molecule has 32 heavy (non-hydrogen) atoms. The standard InChI is InChI=1S/C22H16N4O5S/c27-22(14-5-10-19-20(11-14)31-13-30-19)24-15-6-8-16(9-7-15)32(28,29)26-21-12-23-17-3-1-2-4-18(17)25-21/h1-12H,13H2,(H,24,27)(H,25,26). The highest BCUT2D eigenvalue weighted by molar-refractivity contribution is 7.92. The van der Waals surface area contributed by atoms with Gasteiger partial charge in [0.1, 0.15) is 0 Å². The van der Waals surface area contributed by atoms with E-state index in [0.29, 0.717) is 33.8 Å². The third-order valence-electron chi connectivity index (χ3n) is 4.74. The summed E-state index contributed by atoms with van der Waals surface area (Å²) in [5.41, 5.74) is 2.08. The Morgan fingerprint density at radius 2 is 1.66 bits per heavy atom. The smallest absolute Gasteiger partial charge is 0.263 e. The van der Waals surface area contributed by atoms with Gasteiger partial charge in [-0.05, 0) is 54.6 Å². The van der Waals surface area contributed by atoms with Crippen LogP contribution in [0.2, 0.25) is 0 Å². The fraction of sp³-hybridized carbons (Fsp3) is 0.0455. The zero-order valence-corrected chi connectivity index (χ0v) is 17.3. The second kappa shape index (κ2) is 7.82. The second-order valence-corrected chi connectivity index (χ2v) is 8.58. The Balaban J connectivity index is 1.30. The Labute approximate surface area is 183 Å². The van der Waals surface area contributed by atoms with Crippen LogP contribution in [0.15, 0.2) is 77.8 Å². The van der Waals surface area contributed by atoms with Gasteiger partial charge >= 0.3 is 0 Å². The molecule has 3 aromatic carbocycles. The maximum atomic E-state index is 12.7. The second-order valence-electron chi connectivity index (χ2n) is 6.90. The predicted molar refractivity (Wildman–Crippen MR) is 117 cm³/mol. The van der Waals surface area contributed by atoms with Crippen LogP contribution in [0, 0.1) is 0 Å². The van der Waals surface area contributed by atoms with Gasteiger partial charge in [0, 0.05) is 11.3 Å². The van der Waals surface area contributed by atoms with E-state index < -0.39 is 10.0 Å². The molecule has 0 atom stereocenters. The van der Waals surface area contributed by atoms with E-state index in [9.17, 15) is 13.2 Å². The van der Waals surface area contributed by atoms with E-state index in [1.807, 2.05) is 6.07 Å². The van der Waals surface area contributed by atoms with E-state index in [1.165, 1.54) is 30.5 Å². The highest BCUT2D eigenvalue weighted by Crippen LogP contribution is 2.32. The van der Waals surface area contributed by atoms with Crippen molar-refractivity contribution in [1.82, 2.24) is 9.97 Å². The SMILES string of the molecule is O=C(Nc1ccc(S(=O)(=O)Nc2cnc3ccccc3n2)cc1)c1ccc2c(c1)OCO2. The molecule has 160 valence electrons. The van der Waals surface area contributed by atoms with Crippen LogP contribution in [0.25, 0.3) is 11.0 Å². The monoisotopic (exact) mass is 448 g/mol. The molecule has 2 heterocycles. The minimum absolute atomic E-state index is 0.0218. The van der Waals surface area contributed by atoms with Gasteiger partial charge in [-0.1, -0.05) is 12.1 Å². The van der Waals surface area contributed by atoms with E-state index in [-0.39, 0.29) is 23.4 Å². The van der Waals surface area contributed by atoms with Crippen molar-refractivity contribution in [3.8, 4) is 11.5 Å². The summed E-state index contributed by atoms with van der Waals surface area (Å²) in [6.45, 7) is 0.120. The largest absolute Gasteiger partial charge is 0.454 e. The number of benzene rings is 3. The van der Waals surface area contributed by atoms with Crippen molar-refractivity contribution in [2.45, 2.75) is 4.90 Å². The Hall–Kier alpha value is -4.18. The van der Waals surface area contributed by atoms with Crippen molar-refractivity contribution in [3.05, 3.63) is 78.5 Å². The van der Waals surface area contributed by atoms with Gasteiger partial charge in [-0.15, -0.1) is 0 Å². The molecule has 4 aromatic rings. The van der Waals surface area contributed by atoms with Crippen molar-refractivity contribution >= 4 is 38.5 Å². The first-order chi connectivity index (χ1) is 15.5. The number of hydrogen-bond acceptors (Lipinski definition) is 7. The summed E-state index contributed by atoms with van der Waals surface area (Å²) in [5.74, 6) is 0.842. The number of carbonyl (C=O) groups is 1. The minimum Gasteiger partial charge on any atom is -0.454 e. The summed E-state index contributed by atoms with van der Waals surface area (Å²) in [6, 6.07) is 17.8. The number of aromatic nitrogens is 2. The number of anilines is 2. The number of sulfonamides is 1. The topological polar surface area (TPSA) is 120 Å². The lowest BCUT2D eigenvalue weighted by Crippen LogP contribution is -2.15. The molecule has 1 aliphatic heterocycles. The van der Waals surface area contributed by atoms with Crippen molar-refractivity contribution in [3.63, 3.8) is 0 Å². The number of ether oxygens (including phenoxy) is 2. The van der Waals surface area contributed by atoms with Crippen LogP contribution in [0.1, 0.15) is 10.4 Å². The summed E-state index contributed by atoms with van der Waals surface area (Å²) in [7, 11) is -3.88. The maximum Gasteiger partial charge on any atom is 0.263 e. The normalized spacial score (nSPS) is 12.5. The molecule has 0 bridgehead atoms. The van der Waals surface area contributed by atoms with Gasteiger partial charge in [-0.3, -0.25) is 14.5 Å². The molecule has 9 nitrogen and oxygen atoms in total. The number of para-hydroxylation sites is 2. The average Bonchev–Trinajstić information content (AvgIpc) is 3.27. The highest BCUT2D eigenvalue weighted by atomic mass is 32.2. The first-order valence-electron chi connectivity index (χ1n) is 9.54. The van der Waals surface area contributed by atoms with Gasteiger partial charge in [-0.25, -0.2) is 13.4 Å². The van der Waals surface area contributed by atoms with E-state index in [0.717, 1.165) is 0 Å². The number of amides is 1. The van der Waals surface area contributed by atoms with E-state index in [4.69, 9.17) is 9.47 Å². The lowest BCUT2D eigenvalue weighted by atomic mass is 10.2. The molecule has 0 fully saturated rings. The molecule has 0 saturated heterocycles. The predicted octanol–water partition coefficient (Wildman–Crippen LogP) is 3.41. The van der Waals surface area contributed by atoms with Crippen molar-refractivity contribution in [2.24, 2.45) is 0 Å². The maximum absolute atomic E-state index is 12.7. The number of nitrogens with one attached hydrogen (secondary N) is 2. The molecular weight excluding hydrogens is 432 g/mol. The first kappa shape index (κ1) is 19.8. The lowest BCUT2D eigenvalue weighted by Gasteiger charge is -2.09. The summed E-state index contributed by atoms with van der Waals surface area (Å²) >= 11 is 0. The van der Waals surface area contributed by atoms with Gasteiger partial charge in [0.2, 0.25) is 6.79 Å². The van der Waals surface area contributed by atoms with Crippen LogP contribution in [0.5, 0.6) is 11.5 Å². The number of carbonyl (C=O) groups excluding carboxylic acids is 1. The number of nitrogens with zero attached hydrogens (tertiary/aromatic N) is 2. The fourth-order valence-corrected chi connectivity index (χ4v) is 4.15. The van der Waals surface area contributed by atoms with Crippen molar-refractivity contribution in [2.75, 3.05) is 16.8 Å². The summed E-state index contributed by atoms with van der Waals surface area (Å²) in [6.07, 6.45) is 1.36. The average molecular weight is 448 g/mol. The third-order valence-corrected chi connectivity index (χ3v) is 6.12. The molecule has 1 aliphatic rings. The van der Waals surface area contributed by atoms with Gasteiger partial charge in [-0.2, -0.15) is 0 Å². The van der Waals surface area contributed by atoms with E-state index >= 15 is 0 Å². The molecule has 0 unspecified atom stereocenters. The van der Waals surface area contributed by atoms with Crippen LogP contribution >= 0.6 is 0 Å². The summed E-state index contributed by atoms with van der Waals surface area (Å²) in [5, 5.41) is 2.72. The molecule has 10 heteroatoms. The van der Waals surface area contributed by atoms with E-state index in [2.05, 4.69) is 20.0 Å². The Morgan fingerprint density at radius 3 is 2.47 bits per heavy atom. The molecule has 0 radical (unpaired) electrons. The molecule has 1 amide bonds. The van der Waals surface area contributed by atoms with Crippen LogP contribution in [0.3, 0.4) is 0 Å². The Morgan fingerprint density at radius 1 is 0.906 bits per heavy atom. The molecule has 1 aromatic heterocycles. The number of hydrogen-bond donors (Lipinski definition) is 2. The van der Waals surface area contributed by atoms with Crippen molar-refractivity contribution < 1.29 is 22.7 Å². The van der Waals surface area contributed by atoms with Crippen LogP contribution in [-0.2, 0) is 10.0 Å². The molecular formula is C22H16N4O5S. The number of fused-ring (bicyclic) bond motifs is 2. The minimum atomic E-state index is -3.88. The molecule has 0 saturated carbocycles. The third kappa shape index (κ3) is 3.91. The van der Waals surface area contributed by atoms with Crippen LogP contribution in [-0.4, -0.2) is 31.1 Å². The van der Waals surface area contributed by atoms with Crippen LogP contribution in [0.4, 0.5) is 11.5 Å². The van der Waals surface area contributed by atoms with Crippen LogP contribution < -0.4 is 19.5 Å². The Bertz CT molecular complexity index is 1440. The lowest BCUT2D eigenvalue weighted by molar-refractivity contribution is 0.102.